The van der Waals surface area contributed by atoms with E-state index in [2.05, 4.69) is 21.9 Å². The van der Waals surface area contributed by atoms with Crippen LogP contribution < -0.4 is 4.74 Å². The normalized spacial score (nSPS) is 20.4. The first-order valence-corrected chi connectivity index (χ1v) is 7.02. The number of methoxy groups -OCH3 is 1. The number of fused-ring (bicyclic) bond motifs is 1. The van der Waals surface area contributed by atoms with Gasteiger partial charge >= 0.3 is 0 Å². The molecule has 3 heterocycles. The zero-order valence-corrected chi connectivity index (χ0v) is 12.4. The number of hydrogen-bond acceptors (Lipinski definition) is 5. The first-order valence-electron chi connectivity index (χ1n) is 6.61. The Balaban J connectivity index is 1.93. The zero-order chi connectivity index (χ0) is 14.1. The summed E-state index contributed by atoms with van der Waals surface area (Å²) in [5, 5.41) is 0. The fourth-order valence-electron chi connectivity index (χ4n) is 2.48. The quantitative estimate of drug-likeness (QED) is 0.868. The summed E-state index contributed by atoms with van der Waals surface area (Å²) in [7, 11) is 3.71. The lowest BCUT2D eigenvalue weighted by molar-refractivity contribution is -0.0272. The summed E-state index contributed by atoms with van der Waals surface area (Å²) in [5.41, 5.74) is 1.73. The Hall–Kier alpha value is -1.44. The molecule has 20 heavy (non-hydrogen) atoms. The number of ether oxygens (including phenoxy) is 2. The molecule has 0 spiro atoms. The molecule has 6 nitrogen and oxygen atoms in total. The Bertz CT molecular complexity index is 666. The zero-order valence-electron chi connectivity index (χ0n) is 11.6. The molecule has 0 saturated carbocycles. The third-order valence-electron chi connectivity index (χ3n) is 3.53. The summed E-state index contributed by atoms with van der Waals surface area (Å²) in [6.45, 7) is 3.33. The minimum Gasteiger partial charge on any atom is -0.481 e. The second-order valence-corrected chi connectivity index (χ2v) is 5.41. The van der Waals surface area contributed by atoms with Gasteiger partial charge in [0.1, 0.15) is 0 Å². The Morgan fingerprint density at radius 3 is 3.15 bits per heavy atom. The van der Waals surface area contributed by atoms with Crippen LogP contribution in [-0.2, 0) is 11.3 Å². The highest BCUT2D eigenvalue weighted by molar-refractivity contribution is 7.71. The van der Waals surface area contributed by atoms with E-state index >= 15 is 0 Å². The van der Waals surface area contributed by atoms with Crippen molar-refractivity contribution in [3.63, 3.8) is 0 Å². The van der Waals surface area contributed by atoms with Gasteiger partial charge in [-0.2, -0.15) is 4.98 Å². The van der Waals surface area contributed by atoms with E-state index in [-0.39, 0.29) is 6.10 Å². The number of H-pyrrole nitrogens is 1. The number of aromatic amines is 1. The molecular weight excluding hydrogens is 276 g/mol. The lowest BCUT2D eigenvalue weighted by atomic mass is 10.3. The standard InChI is InChI=1S/C13H18N4O2S/c1-16-5-6-19-9(7-16)8-17-12-10(14-13(17)20)3-4-11(15-12)18-2/h3-4,9H,5-8H2,1-2H3,(H,14,20). The lowest BCUT2D eigenvalue weighted by Gasteiger charge is -2.30. The molecule has 108 valence electrons. The average molecular weight is 294 g/mol. The van der Waals surface area contributed by atoms with Gasteiger partial charge in [-0.15, -0.1) is 0 Å². The van der Waals surface area contributed by atoms with Gasteiger partial charge in [0.05, 0.1) is 31.9 Å². The molecule has 1 atom stereocenters. The van der Waals surface area contributed by atoms with Crippen molar-refractivity contribution in [2.24, 2.45) is 0 Å². The van der Waals surface area contributed by atoms with E-state index in [1.807, 2.05) is 16.7 Å². The van der Waals surface area contributed by atoms with Crippen molar-refractivity contribution in [2.75, 3.05) is 33.9 Å². The predicted octanol–water partition coefficient (Wildman–Crippen LogP) is 1.43. The van der Waals surface area contributed by atoms with E-state index in [0.29, 0.717) is 17.2 Å². The van der Waals surface area contributed by atoms with Crippen LogP contribution in [0.25, 0.3) is 11.2 Å². The van der Waals surface area contributed by atoms with Crippen molar-refractivity contribution >= 4 is 23.4 Å². The van der Waals surface area contributed by atoms with Crippen molar-refractivity contribution in [3.05, 3.63) is 16.9 Å². The number of aromatic nitrogens is 3. The lowest BCUT2D eigenvalue weighted by Crippen LogP contribution is -2.42. The smallest absolute Gasteiger partial charge is 0.215 e. The number of nitrogens with zero attached hydrogens (tertiary/aromatic N) is 3. The molecule has 3 rings (SSSR count). The number of nitrogens with one attached hydrogen (secondary N) is 1. The molecule has 1 aliphatic heterocycles. The third-order valence-corrected chi connectivity index (χ3v) is 3.85. The monoisotopic (exact) mass is 294 g/mol. The van der Waals surface area contributed by atoms with Crippen LogP contribution >= 0.6 is 12.2 Å². The first-order chi connectivity index (χ1) is 9.67. The molecule has 7 heteroatoms. The molecule has 0 bridgehead atoms. The van der Waals surface area contributed by atoms with Crippen LogP contribution in [0, 0.1) is 4.77 Å². The van der Waals surface area contributed by atoms with E-state index in [1.165, 1.54) is 0 Å². The number of pyridine rings is 1. The highest BCUT2D eigenvalue weighted by Gasteiger charge is 2.20. The topological polar surface area (TPSA) is 55.3 Å². The molecule has 1 aliphatic rings. The molecule has 0 radical (unpaired) electrons. The van der Waals surface area contributed by atoms with Crippen molar-refractivity contribution in [3.8, 4) is 5.88 Å². The number of rotatable bonds is 3. The maximum Gasteiger partial charge on any atom is 0.215 e. The van der Waals surface area contributed by atoms with Crippen molar-refractivity contribution < 1.29 is 9.47 Å². The summed E-state index contributed by atoms with van der Waals surface area (Å²) in [4.78, 5) is 9.91. The van der Waals surface area contributed by atoms with Gasteiger partial charge in [0.15, 0.2) is 10.4 Å². The largest absolute Gasteiger partial charge is 0.481 e. The molecule has 0 aliphatic carbocycles. The number of likely N-dealkylation sites (N-methyl/N-ethyl adjacent to an activating group) is 1. The summed E-state index contributed by atoms with van der Waals surface area (Å²) in [6.07, 6.45) is 0.132. The summed E-state index contributed by atoms with van der Waals surface area (Å²) < 4.78 is 13.6. The summed E-state index contributed by atoms with van der Waals surface area (Å²) in [6, 6.07) is 3.75. The summed E-state index contributed by atoms with van der Waals surface area (Å²) in [5.74, 6) is 0.585. The van der Waals surface area contributed by atoms with Crippen LogP contribution in [0.15, 0.2) is 12.1 Å². The average Bonchev–Trinajstić information content (AvgIpc) is 2.74. The van der Waals surface area contributed by atoms with Crippen LogP contribution in [0.4, 0.5) is 0 Å². The van der Waals surface area contributed by atoms with E-state index in [4.69, 9.17) is 21.7 Å². The fourth-order valence-corrected chi connectivity index (χ4v) is 2.75. The minimum absolute atomic E-state index is 0.132. The van der Waals surface area contributed by atoms with Crippen molar-refractivity contribution in [1.29, 1.82) is 0 Å². The molecule has 0 aromatic carbocycles. The van der Waals surface area contributed by atoms with Crippen LogP contribution in [-0.4, -0.2) is 59.4 Å². The Kier molecular flexibility index (Phi) is 3.73. The van der Waals surface area contributed by atoms with Gasteiger partial charge < -0.3 is 19.4 Å². The molecule has 1 fully saturated rings. The van der Waals surface area contributed by atoms with Crippen molar-refractivity contribution in [2.45, 2.75) is 12.6 Å². The van der Waals surface area contributed by atoms with Gasteiger partial charge in [-0.1, -0.05) is 0 Å². The Morgan fingerprint density at radius 1 is 1.55 bits per heavy atom. The molecule has 1 unspecified atom stereocenters. The SMILES string of the molecule is COc1ccc2[nH]c(=S)n(CC3CN(C)CCO3)c2n1. The predicted molar refractivity (Wildman–Crippen MR) is 78.7 cm³/mol. The molecule has 2 aromatic rings. The van der Waals surface area contributed by atoms with E-state index in [1.54, 1.807) is 7.11 Å². The molecule has 0 amide bonds. The van der Waals surface area contributed by atoms with Crippen LogP contribution in [0.3, 0.4) is 0 Å². The summed E-state index contributed by atoms with van der Waals surface area (Å²) >= 11 is 5.39. The Morgan fingerprint density at radius 2 is 2.40 bits per heavy atom. The van der Waals surface area contributed by atoms with Gasteiger partial charge in [0.2, 0.25) is 5.88 Å². The molecule has 2 aromatic heterocycles. The van der Waals surface area contributed by atoms with Gasteiger partial charge in [-0.25, -0.2) is 0 Å². The molecular formula is C13H18N4O2S. The van der Waals surface area contributed by atoms with E-state index in [9.17, 15) is 0 Å². The Labute approximate surface area is 122 Å². The second kappa shape index (κ2) is 5.51. The number of hydrogen-bond donors (Lipinski definition) is 1. The third kappa shape index (κ3) is 2.56. The van der Waals surface area contributed by atoms with E-state index in [0.717, 1.165) is 30.9 Å². The van der Waals surface area contributed by atoms with Gasteiger partial charge in [0.25, 0.3) is 0 Å². The van der Waals surface area contributed by atoms with Crippen molar-refractivity contribution in [1.82, 2.24) is 19.4 Å². The second-order valence-electron chi connectivity index (χ2n) is 5.02. The van der Waals surface area contributed by atoms with E-state index < -0.39 is 0 Å². The van der Waals surface area contributed by atoms with Gasteiger partial charge in [-0.3, -0.25) is 4.57 Å². The maximum atomic E-state index is 5.80. The number of imidazole rings is 1. The van der Waals surface area contributed by atoms with Crippen LogP contribution in [0.5, 0.6) is 5.88 Å². The fraction of sp³-hybridized carbons (Fsp3) is 0.538. The molecule has 1 N–H and O–H groups in total. The highest BCUT2D eigenvalue weighted by atomic mass is 32.1. The first kappa shape index (κ1) is 13.5. The van der Waals surface area contributed by atoms with Gasteiger partial charge in [-0.05, 0) is 25.3 Å². The highest BCUT2D eigenvalue weighted by Crippen LogP contribution is 2.18. The van der Waals surface area contributed by atoms with Crippen LogP contribution in [0.1, 0.15) is 0 Å². The molecule has 1 saturated heterocycles. The minimum atomic E-state index is 0.132. The maximum absolute atomic E-state index is 5.80. The van der Waals surface area contributed by atoms with Gasteiger partial charge in [0, 0.05) is 19.2 Å². The van der Waals surface area contributed by atoms with Crippen LogP contribution in [0.2, 0.25) is 0 Å². The number of morpholine rings is 1.